The second-order valence-corrected chi connectivity index (χ2v) is 7.65. The molecular weight excluding hydrogens is 407 g/mol. The molecule has 0 saturated carbocycles. The standard InChI is InChI=1S/C12H8Br2Cl2S/c1-6-7(3-2-4-9(6)13)11(14)8-5-10(15)17-12(8)16/h2-5,11H,1H3. The molecule has 1 unspecified atom stereocenters. The third-order valence-corrected chi connectivity index (χ3v) is 5.90. The van der Waals surface area contributed by atoms with Gasteiger partial charge < -0.3 is 0 Å². The van der Waals surface area contributed by atoms with Gasteiger partial charge in [0.15, 0.2) is 0 Å². The van der Waals surface area contributed by atoms with Crippen LogP contribution in [-0.2, 0) is 0 Å². The number of hydrogen-bond donors (Lipinski definition) is 0. The van der Waals surface area contributed by atoms with Crippen molar-refractivity contribution in [2.24, 2.45) is 0 Å². The molecule has 0 N–H and O–H groups in total. The Morgan fingerprint density at radius 1 is 1.24 bits per heavy atom. The highest BCUT2D eigenvalue weighted by molar-refractivity contribution is 9.10. The van der Waals surface area contributed by atoms with Gasteiger partial charge in [-0.25, -0.2) is 0 Å². The zero-order valence-corrected chi connectivity index (χ0v) is 14.3. The summed E-state index contributed by atoms with van der Waals surface area (Å²) in [5.74, 6) is 0. The van der Waals surface area contributed by atoms with Crippen molar-refractivity contribution in [2.75, 3.05) is 0 Å². The highest BCUT2D eigenvalue weighted by Gasteiger charge is 2.18. The minimum atomic E-state index is 0.0660. The van der Waals surface area contributed by atoms with Crippen molar-refractivity contribution in [3.63, 3.8) is 0 Å². The predicted molar refractivity (Wildman–Crippen MR) is 84.0 cm³/mol. The molecule has 17 heavy (non-hydrogen) atoms. The summed E-state index contributed by atoms with van der Waals surface area (Å²) in [6.07, 6.45) is 0. The van der Waals surface area contributed by atoms with Crippen molar-refractivity contribution in [3.05, 3.63) is 54.1 Å². The van der Waals surface area contributed by atoms with E-state index in [0.717, 1.165) is 14.4 Å². The molecule has 0 saturated heterocycles. The molecule has 1 heterocycles. The van der Waals surface area contributed by atoms with Crippen molar-refractivity contribution >= 4 is 66.4 Å². The Bertz CT molecular complexity index is 551. The van der Waals surface area contributed by atoms with Crippen molar-refractivity contribution in [1.29, 1.82) is 0 Å². The molecule has 90 valence electrons. The van der Waals surface area contributed by atoms with Gasteiger partial charge in [0, 0.05) is 10.0 Å². The Balaban J connectivity index is 2.47. The van der Waals surface area contributed by atoms with Crippen molar-refractivity contribution < 1.29 is 0 Å². The summed E-state index contributed by atoms with van der Waals surface area (Å²) in [5.41, 5.74) is 3.41. The first-order valence-corrected chi connectivity index (χ1v) is 8.12. The van der Waals surface area contributed by atoms with E-state index in [1.54, 1.807) is 0 Å². The fraction of sp³-hybridized carbons (Fsp3) is 0.167. The second kappa shape index (κ2) is 5.62. The predicted octanol–water partition coefficient (Wildman–Crippen LogP) is 6.61. The summed E-state index contributed by atoms with van der Waals surface area (Å²) in [4.78, 5) is 0.0660. The van der Waals surface area contributed by atoms with Crippen LogP contribution in [0.4, 0.5) is 0 Å². The van der Waals surface area contributed by atoms with Gasteiger partial charge in [0.1, 0.15) is 0 Å². The number of alkyl halides is 1. The Hall–Kier alpha value is 0.460. The molecule has 0 nitrogen and oxygen atoms in total. The third kappa shape index (κ3) is 2.90. The van der Waals surface area contributed by atoms with Crippen molar-refractivity contribution in [1.82, 2.24) is 0 Å². The quantitative estimate of drug-likeness (QED) is 0.485. The number of halogens is 4. The zero-order valence-electron chi connectivity index (χ0n) is 8.81. The van der Waals surface area contributed by atoms with Crippen LogP contribution < -0.4 is 0 Å². The second-order valence-electron chi connectivity index (χ2n) is 3.60. The van der Waals surface area contributed by atoms with E-state index in [9.17, 15) is 0 Å². The lowest BCUT2D eigenvalue weighted by Gasteiger charge is -2.13. The van der Waals surface area contributed by atoms with Gasteiger partial charge in [-0.1, -0.05) is 67.2 Å². The van der Waals surface area contributed by atoms with Crippen LogP contribution in [0.5, 0.6) is 0 Å². The lowest BCUT2D eigenvalue weighted by atomic mass is 10.0. The molecule has 5 heteroatoms. The van der Waals surface area contributed by atoms with E-state index in [4.69, 9.17) is 23.2 Å². The SMILES string of the molecule is Cc1c(Br)cccc1C(Br)c1cc(Cl)sc1Cl. The molecule has 1 aromatic carbocycles. The maximum atomic E-state index is 6.17. The molecule has 0 spiro atoms. The molecule has 0 bridgehead atoms. The van der Waals surface area contributed by atoms with Crippen LogP contribution in [0.25, 0.3) is 0 Å². The lowest BCUT2D eigenvalue weighted by molar-refractivity contribution is 1.15. The average Bonchev–Trinajstić information content (AvgIpc) is 2.61. The molecule has 0 aliphatic rings. The molecule has 0 radical (unpaired) electrons. The van der Waals surface area contributed by atoms with E-state index in [0.29, 0.717) is 4.34 Å². The van der Waals surface area contributed by atoms with Crippen LogP contribution in [0.3, 0.4) is 0 Å². The van der Waals surface area contributed by atoms with Gasteiger partial charge >= 0.3 is 0 Å². The Labute approximate surface area is 131 Å². The van der Waals surface area contributed by atoms with Gasteiger partial charge in [0.25, 0.3) is 0 Å². The zero-order chi connectivity index (χ0) is 12.6. The topological polar surface area (TPSA) is 0 Å². The highest BCUT2D eigenvalue weighted by Crippen LogP contribution is 2.43. The number of benzene rings is 1. The molecule has 0 fully saturated rings. The molecule has 0 amide bonds. The van der Waals surface area contributed by atoms with E-state index in [1.807, 2.05) is 18.2 Å². The fourth-order valence-electron chi connectivity index (χ4n) is 1.59. The summed E-state index contributed by atoms with van der Waals surface area (Å²) < 4.78 is 2.54. The van der Waals surface area contributed by atoms with E-state index in [2.05, 4.69) is 44.8 Å². The minimum absolute atomic E-state index is 0.0660. The minimum Gasteiger partial charge on any atom is -0.111 e. The van der Waals surface area contributed by atoms with E-state index in [-0.39, 0.29) is 4.83 Å². The molecule has 1 aromatic heterocycles. The summed E-state index contributed by atoms with van der Waals surface area (Å²) in [6.45, 7) is 2.08. The van der Waals surface area contributed by atoms with Gasteiger partial charge in [-0.15, -0.1) is 11.3 Å². The van der Waals surface area contributed by atoms with Crippen LogP contribution in [0.15, 0.2) is 28.7 Å². The Morgan fingerprint density at radius 2 is 1.94 bits per heavy atom. The molecule has 2 rings (SSSR count). The third-order valence-electron chi connectivity index (χ3n) is 2.54. The van der Waals surface area contributed by atoms with Crippen LogP contribution in [0, 0.1) is 6.92 Å². The van der Waals surface area contributed by atoms with E-state index < -0.39 is 0 Å². The van der Waals surface area contributed by atoms with Crippen molar-refractivity contribution in [2.45, 2.75) is 11.8 Å². The molecule has 2 aromatic rings. The van der Waals surface area contributed by atoms with Gasteiger partial charge in [-0.2, -0.15) is 0 Å². The fourth-order valence-corrected chi connectivity index (χ4v) is 4.65. The summed E-state index contributed by atoms with van der Waals surface area (Å²) >= 11 is 20.8. The van der Waals surface area contributed by atoms with Gasteiger partial charge in [0.2, 0.25) is 0 Å². The molecule has 0 aliphatic carbocycles. The smallest absolute Gasteiger partial charge is 0.0990 e. The number of thiophene rings is 1. The maximum Gasteiger partial charge on any atom is 0.0990 e. The first kappa shape index (κ1) is 13.9. The van der Waals surface area contributed by atoms with Gasteiger partial charge in [-0.05, 0) is 30.2 Å². The molecular formula is C12H8Br2Cl2S. The van der Waals surface area contributed by atoms with Crippen LogP contribution >= 0.6 is 66.4 Å². The Kier molecular flexibility index (Phi) is 4.59. The normalized spacial score (nSPS) is 12.8. The first-order chi connectivity index (χ1) is 8.00. The summed E-state index contributed by atoms with van der Waals surface area (Å²) in [5, 5.41) is 0. The van der Waals surface area contributed by atoms with Gasteiger partial charge in [0.05, 0.1) is 13.5 Å². The lowest BCUT2D eigenvalue weighted by Crippen LogP contribution is -1.95. The molecule has 1 atom stereocenters. The number of hydrogen-bond acceptors (Lipinski definition) is 1. The largest absolute Gasteiger partial charge is 0.111 e. The number of rotatable bonds is 2. The van der Waals surface area contributed by atoms with Crippen LogP contribution in [0.2, 0.25) is 8.67 Å². The Morgan fingerprint density at radius 3 is 2.53 bits per heavy atom. The maximum absolute atomic E-state index is 6.17. The first-order valence-electron chi connectivity index (χ1n) is 4.84. The monoisotopic (exact) mass is 412 g/mol. The molecule has 0 aliphatic heterocycles. The van der Waals surface area contributed by atoms with Gasteiger partial charge in [-0.3, -0.25) is 0 Å². The van der Waals surface area contributed by atoms with Crippen LogP contribution in [-0.4, -0.2) is 0 Å². The average molecular weight is 415 g/mol. The van der Waals surface area contributed by atoms with Crippen molar-refractivity contribution in [3.8, 4) is 0 Å². The highest BCUT2D eigenvalue weighted by atomic mass is 79.9. The summed E-state index contributed by atoms with van der Waals surface area (Å²) in [7, 11) is 0. The van der Waals surface area contributed by atoms with E-state index >= 15 is 0 Å². The van der Waals surface area contributed by atoms with E-state index in [1.165, 1.54) is 22.5 Å². The summed E-state index contributed by atoms with van der Waals surface area (Å²) in [6, 6.07) is 8.04. The van der Waals surface area contributed by atoms with Crippen LogP contribution in [0.1, 0.15) is 21.5 Å².